The van der Waals surface area contributed by atoms with E-state index in [1.54, 1.807) is 23.1 Å². The lowest BCUT2D eigenvalue weighted by molar-refractivity contribution is -0.126. The number of halogens is 1. The van der Waals surface area contributed by atoms with Crippen LogP contribution < -0.4 is 14.2 Å². The summed E-state index contributed by atoms with van der Waals surface area (Å²) < 4.78 is 36.2. The van der Waals surface area contributed by atoms with Crippen LogP contribution in [0.2, 0.25) is 5.02 Å². The molecule has 1 saturated heterocycles. The van der Waals surface area contributed by atoms with Gasteiger partial charge in [0.2, 0.25) is 15.9 Å². The van der Waals surface area contributed by atoms with Crippen molar-refractivity contribution in [3.63, 3.8) is 0 Å². The van der Waals surface area contributed by atoms with Crippen LogP contribution in [0.15, 0.2) is 18.2 Å². The Bertz CT molecular complexity index is 831. The first kappa shape index (κ1) is 22.5. The minimum absolute atomic E-state index is 0.0468. The predicted molar refractivity (Wildman–Crippen MR) is 110 cm³/mol. The van der Waals surface area contributed by atoms with Crippen molar-refractivity contribution in [1.82, 2.24) is 9.62 Å². The van der Waals surface area contributed by atoms with Gasteiger partial charge in [-0.2, -0.15) is 0 Å². The average Bonchev–Trinajstić information content (AvgIpc) is 2.60. The Labute approximate surface area is 171 Å². The van der Waals surface area contributed by atoms with Crippen molar-refractivity contribution < 1.29 is 22.7 Å². The molecule has 7 nitrogen and oxygen atoms in total. The van der Waals surface area contributed by atoms with E-state index < -0.39 is 10.0 Å². The Hall–Kier alpha value is -1.77. The van der Waals surface area contributed by atoms with E-state index in [2.05, 4.69) is 4.72 Å². The zero-order valence-corrected chi connectivity index (χ0v) is 18.1. The van der Waals surface area contributed by atoms with Crippen LogP contribution in [0.3, 0.4) is 0 Å². The van der Waals surface area contributed by atoms with E-state index in [0.717, 1.165) is 11.8 Å². The quantitative estimate of drug-likeness (QED) is 0.672. The van der Waals surface area contributed by atoms with Gasteiger partial charge in [0.1, 0.15) is 0 Å². The van der Waals surface area contributed by atoms with Gasteiger partial charge in [0.25, 0.3) is 0 Å². The van der Waals surface area contributed by atoms with Gasteiger partial charge in [-0.15, -0.1) is 0 Å². The molecule has 1 aliphatic heterocycles. The van der Waals surface area contributed by atoms with Crippen molar-refractivity contribution >= 4 is 33.6 Å². The van der Waals surface area contributed by atoms with Crippen molar-refractivity contribution in [2.75, 3.05) is 26.5 Å². The third-order valence-corrected chi connectivity index (χ3v) is 5.25. The third kappa shape index (κ3) is 6.68. The number of hydrogen-bond acceptors (Lipinski definition) is 5. The van der Waals surface area contributed by atoms with Gasteiger partial charge in [-0.05, 0) is 50.5 Å². The van der Waals surface area contributed by atoms with Crippen molar-refractivity contribution in [3.8, 4) is 11.5 Å². The number of rotatable bonds is 7. The molecule has 1 heterocycles. The van der Waals surface area contributed by atoms with Crippen molar-refractivity contribution in [2.45, 2.75) is 38.8 Å². The number of nitrogens with zero attached hydrogens (tertiary/aromatic N) is 1. The Morgan fingerprint density at radius 3 is 2.50 bits per heavy atom. The molecule has 28 heavy (non-hydrogen) atoms. The maximum absolute atomic E-state index is 12.4. The number of likely N-dealkylation sites (tertiary alicyclic amines) is 1. The molecule has 0 bridgehead atoms. The fraction of sp³-hybridized carbons (Fsp3) is 0.526. The lowest BCUT2D eigenvalue weighted by Crippen LogP contribution is -2.45. The van der Waals surface area contributed by atoms with Gasteiger partial charge in [0, 0.05) is 25.2 Å². The second-order valence-corrected chi connectivity index (χ2v) is 9.21. The predicted octanol–water partition coefficient (Wildman–Crippen LogP) is 2.69. The van der Waals surface area contributed by atoms with Gasteiger partial charge in [-0.3, -0.25) is 4.79 Å². The molecule has 9 heteroatoms. The number of carbonyl (C=O) groups excluding carboxylic acids is 1. The molecule has 0 atom stereocenters. The molecule has 1 aromatic carbocycles. The molecular formula is C19H27ClN2O5S. The summed E-state index contributed by atoms with van der Waals surface area (Å²) in [5.74, 6) is 0.847. The molecule has 1 amide bonds. The molecule has 0 unspecified atom stereocenters. The summed E-state index contributed by atoms with van der Waals surface area (Å²) in [6.07, 6.45) is 5.44. The fourth-order valence-corrected chi connectivity index (χ4v) is 4.08. The summed E-state index contributed by atoms with van der Waals surface area (Å²) in [5, 5.41) is 0.410. The van der Waals surface area contributed by atoms with Gasteiger partial charge in [-0.25, -0.2) is 13.1 Å². The highest BCUT2D eigenvalue weighted by molar-refractivity contribution is 7.88. The normalized spacial score (nSPS) is 16.0. The number of piperidine rings is 1. The first-order chi connectivity index (χ1) is 13.1. The SMILES string of the molecule is COc1cc(/C=C/C(=O)N2CCC(NS(C)(=O)=O)CC2)cc(Cl)c1OC(C)C. The van der Waals surface area contributed by atoms with Gasteiger partial charge >= 0.3 is 0 Å². The monoisotopic (exact) mass is 430 g/mol. The van der Waals surface area contributed by atoms with Crippen LogP contribution in [-0.4, -0.2) is 57.8 Å². The highest BCUT2D eigenvalue weighted by Gasteiger charge is 2.23. The van der Waals surface area contributed by atoms with E-state index in [1.807, 2.05) is 13.8 Å². The van der Waals surface area contributed by atoms with Crippen molar-refractivity contribution in [1.29, 1.82) is 0 Å². The molecule has 1 N–H and O–H groups in total. The van der Waals surface area contributed by atoms with Crippen LogP contribution in [-0.2, 0) is 14.8 Å². The lowest BCUT2D eigenvalue weighted by Gasteiger charge is -2.31. The summed E-state index contributed by atoms with van der Waals surface area (Å²) in [5.41, 5.74) is 0.722. The van der Waals surface area contributed by atoms with E-state index in [4.69, 9.17) is 21.1 Å². The molecule has 1 aliphatic rings. The Balaban J connectivity index is 2.02. The van der Waals surface area contributed by atoms with Crippen LogP contribution in [0.1, 0.15) is 32.3 Å². The summed E-state index contributed by atoms with van der Waals surface area (Å²) >= 11 is 6.30. The summed E-state index contributed by atoms with van der Waals surface area (Å²) in [6, 6.07) is 3.35. The summed E-state index contributed by atoms with van der Waals surface area (Å²) in [6.45, 7) is 4.80. The largest absolute Gasteiger partial charge is 0.493 e. The second-order valence-electron chi connectivity index (χ2n) is 7.02. The van der Waals surface area contributed by atoms with Crippen molar-refractivity contribution in [2.24, 2.45) is 0 Å². The molecule has 0 aromatic heterocycles. The van der Waals surface area contributed by atoms with Crippen LogP contribution in [0.5, 0.6) is 11.5 Å². The number of sulfonamides is 1. The number of amides is 1. The first-order valence-corrected chi connectivity index (χ1v) is 11.3. The van der Waals surface area contributed by atoms with E-state index >= 15 is 0 Å². The number of benzene rings is 1. The molecule has 1 aromatic rings. The number of nitrogens with one attached hydrogen (secondary N) is 1. The molecule has 156 valence electrons. The highest BCUT2D eigenvalue weighted by Crippen LogP contribution is 2.37. The molecule has 1 fully saturated rings. The van der Waals surface area contributed by atoms with E-state index in [-0.39, 0.29) is 18.1 Å². The van der Waals surface area contributed by atoms with Crippen LogP contribution in [0, 0.1) is 0 Å². The second kappa shape index (κ2) is 9.62. The van der Waals surface area contributed by atoms with Crippen LogP contribution in [0.4, 0.5) is 0 Å². The van der Waals surface area contributed by atoms with E-state index in [9.17, 15) is 13.2 Å². The number of hydrogen-bond donors (Lipinski definition) is 1. The van der Waals surface area contributed by atoms with Gasteiger partial charge < -0.3 is 14.4 Å². The first-order valence-electron chi connectivity index (χ1n) is 9.07. The maximum Gasteiger partial charge on any atom is 0.246 e. The molecule has 0 radical (unpaired) electrons. The molecule has 2 rings (SSSR count). The van der Waals surface area contributed by atoms with Gasteiger partial charge in [0.05, 0.1) is 24.5 Å². The number of carbonyl (C=O) groups is 1. The average molecular weight is 431 g/mol. The van der Waals surface area contributed by atoms with E-state index in [1.165, 1.54) is 13.2 Å². The Morgan fingerprint density at radius 2 is 1.96 bits per heavy atom. The summed E-state index contributed by atoms with van der Waals surface area (Å²) in [7, 11) is -1.70. The molecule has 0 spiro atoms. The smallest absolute Gasteiger partial charge is 0.246 e. The third-order valence-electron chi connectivity index (χ3n) is 4.21. The maximum atomic E-state index is 12.4. The molecular weight excluding hydrogens is 404 g/mol. The standard InChI is InChI=1S/C19H27ClN2O5S/c1-13(2)27-19-16(20)11-14(12-17(19)26-3)5-6-18(23)22-9-7-15(8-10-22)21-28(4,24)25/h5-6,11-13,15,21H,7-10H2,1-4H3/b6-5+. The van der Waals surface area contributed by atoms with E-state index in [0.29, 0.717) is 42.5 Å². The summed E-state index contributed by atoms with van der Waals surface area (Å²) in [4.78, 5) is 14.1. The topological polar surface area (TPSA) is 84.9 Å². The number of ether oxygens (including phenoxy) is 2. The van der Waals surface area contributed by atoms with Crippen LogP contribution >= 0.6 is 11.6 Å². The fourth-order valence-electron chi connectivity index (χ4n) is 2.98. The van der Waals surface area contributed by atoms with Gasteiger partial charge in [-0.1, -0.05) is 11.6 Å². The Morgan fingerprint density at radius 1 is 1.32 bits per heavy atom. The Kier molecular flexibility index (Phi) is 7.74. The zero-order chi connectivity index (χ0) is 20.9. The van der Waals surface area contributed by atoms with Crippen molar-refractivity contribution in [3.05, 3.63) is 28.8 Å². The lowest BCUT2D eigenvalue weighted by atomic mass is 10.1. The number of methoxy groups -OCH3 is 1. The highest BCUT2D eigenvalue weighted by atomic mass is 35.5. The van der Waals surface area contributed by atoms with Crippen LogP contribution in [0.25, 0.3) is 6.08 Å². The minimum atomic E-state index is -3.23. The van der Waals surface area contributed by atoms with Gasteiger partial charge in [0.15, 0.2) is 11.5 Å². The molecule has 0 aliphatic carbocycles. The zero-order valence-electron chi connectivity index (χ0n) is 16.6. The minimum Gasteiger partial charge on any atom is -0.493 e. The molecule has 0 saturated carbocycles.